The minimum Gasteiger partial charge on any atom is -0.494 e. The highest BCUT2D eigenvalue weighted by Gasteiger charge is 2.14. The van der Waals surface area contributed by atoms with Gasteiger partial charge < -0.3 is 15.4 Å². The highest BCUT2D eigenvalue weighted by molar-refractivity contribution is 6.06. The monoisotopic (exact) mass is 366 g/mol. The van der Waals surface area contributed by atoms with Crippen LogP contribution in [0.1, 0.15) is 15.9 Å². The normalized spacial score (nSPS) is 11.0. The minimum atomic E-state index is -0.640. The Morgan fingerprint density at radius 2 is 1.96 bits per heavy atom. The van der Waals surface area contributed by atoms with E-state index in [0.29, 0.717) is 16.5 Å². The highest BCUT2D eigenvalue weighted by Crippen LogP contribution is 2.28. The number of amides is 2. The van der Waals surface area contributed by atoms with Crippen molar-refractivity contribution in [2.75, 3.05) is 6.54 Å². The fraction of sp³-hybridized carbons (Fsp3) is 0.0556. The number of non-ortho nitro benzene ring substituents is 1. The average molecular weight is 366 g/mol. The van der Waals surface area contributed by atoms with E-state index in [4.69, 9.17) is 0 Å². The van der Waals surface area contributed by atoms with Crippen molar-refractivity contribution in [3.05, 3.63) is 69.8 Å². The number of nitrogens with one attached hydrogen (secondary N) is 2. The van der Waals surface area contributed by atoms with Crippen LogP contribution < -0.4 is 5.32 Å². The second kappa shape index (κ2) is 7.48. The van der Waals surface area contributed by atoms with Crippen LogP contribution in [0.15, 0.2) is 53.5 Å². The lowest BCUT2D eigenvalue weighted by Crippen LogP contribution is -2.28. The summed E-state index contributed by atoms with van der Waals surface area (Å²) in [5, 5.41) is 23.6. The minimum absolute atomic E-state index is 0.149. The van der Waals surface area contributed by atoms with Gasteiger partial charge in [-0.2, -0.15) is 0 Å². The van der Waals surface area contributed by atoms with Gasteiger partial charge in [-0.15, -0.1) is 0 Å². The van der Waals surface area contributed by atoms with Crippen LogP contribution in [0.2, 0.25) is 0 Å². The van der Waals surface area contributed by atoms with Crippen LogP contribution in [0.5, 0.6) is 5.88 Å². The zero-order chi connectivity index (χ0) is 19.4. The molecule has 0 spiro atoms. The van der Waals surface area contributed by atoms with Gasteiger partial charge in [0.2, 0.25) is 0 Å². The Morgan fingerprint density at radius 1 is 1.22 bits per heavy atom. The molecule has 0 bridgehead atoms. The Kier molecular flexibility index (Phi) is 4.93. The van der Waals surface area contributed by atoms with Crippen molar-refractivity contribution in [2.45, 2.75) is 0 Å². The molecule has 0 aliphatic carbocycles. The Balaban J connectivity index is 1.72. The Morgan fingerprint density at radius 3 is 2.67 bits per heavy atom. The van der Waals surface area contributed by atoms with E-state index in [-0.39, 0.29) is 23.7 Å². The first kappa shape index (κ1) is 17.8. The lowest BCUT2D eigenvalue weighted by atomic mass is 10.1. The fourth-order valence-electron chi connectivity index (χ4n) is 2.46. The zero-order valence-corrected chi connectivity index (χ0v) is 13.9. The SMILES string of the molecule is O=C(CNC(=O)c1ccccc1)N=Cc1c(O)[nH]c2ccc([N+](=O)[O-])cc12. The van der Waals surface area contributed by atoms with Crippen LogP contribution in [0.25, 0.3) is 10.9 Å². The molecular formula is C18H14N4O5. The number of rotatable bonds is 5. The molecule has 27 heavy (non-hydrogen) atoms. The summed E-state index contributed by atoms with van der Waals surface area (Å²) < 4.78 is 0. The van der Waals surface area contributed by atoms with E-state index >= 15 is 0 Å². The van der Waals surface area contributed by atoms with Gasteiger partial charge in [-0.25, -0.2) is 4.99 Å². The number of nitro benzene ring substituents is 1. The molecule has 0 atom stereocenters. The third kappa shape index (κ3) is 3.98. The maximum Gasteiger partial charge on any atom is 0.270 e. The number of hydrogen-bond donors (Lipinski definition) is 3. The van der Waals surface area contributed by atoms with E-state index in [9.17, 15) is 24.8 Å². The van der Waals surface area contributed by atoms with Crippen LogP contribution in [0.3, 0.4) is 0 Å². The first-order valence-electron chi connectivity index (χ1n) is 7.85. The number of carbonyl (C=O) groups excluding carboxylic acids is 2. The Bertz CT molecular complexity index is 1060. The third-order valence-corrected chi connectivity index (χ3v) is 3.79. The summed E-state index contributed by atoms with van der Waals surface area (Å²) in [6, 6.07) is 12.4. The lowest BCUT2D eigenvalue weighted by molar-refractivity contribution is -0.384. The molecule has 2 aromatic carbocycles. The Hall–Kier alpha value is -4.01. The van der Waals surface area contributed by atoms with Crippen molar-refractivity contribution in [1.82, 2.24) is 10.3 Å². The molecule has 0 saturated carbocycles. The van der Waals surface area contributed by atoms with Gasteiger partial charge in [-0.05, 0) is 18.2 Å². The highest BCUT2D eigenvalue weighted by atomic mass is 16.6. The molecule has 9 nitrogen and oxygen atoms in total. The number of nitro groups is 1. The van der Waals surface area contributed by atoms with E-state index in [1.807, 2.05) is 0 Å². The van der Waals surface area contributed by atoms with Gasteiger partial charge in [0.15, 0.2) is 5.88 Å². The van der Waals surface area contributed by atoms with Crippen molar-refractivity contribution in [3.8, 4) is 5.88 Å². The summed E-state index contributed by atoms with van der Waals surface area (Å²) in [5.41, 5.74) is 0.870. The maximum atomic E-state index is 11.9. The van der Waals surface area contributed by atoms with Crippen molar-refractivity contribution >= 4 is 34.6 Å². The lowest BCUT2D eigenvalue weighted by Gasteiger charge is -2.02. The number of aromatic hydroxyl groups is 1. The Labute approximate surface area is 152 Å². The molecule has 0 aliphatic rings. The van der Waals surface area contributed by atoms with Crippen LogP contribution in [-0.4, -0.2) is 39.6 Å². The molecule has 0 fully saturated rings. The van der Waals surface area contributed by atoms with Crippen molar-refractivity contribution < 1.29 is 19.6 Å². The summed E-state index contributed by atoms with van der Waals surface area (Å²) in [5.74, 6) is -1.32. The van der Waals surface area contributed by atoms with Crippen molar-refractivity contribution in [1.29, 1.82) is 0 Å². The number of nitrogens with zero attached hydrogens (tertiary/aromatic N) is 2. The standard InChI is InChI=1S/C18H14N4O5/c23-16(10-20-17(24)11-4-2-1-3-5-11)19-9-14-13-8-12(22(26)27)6-7-15(13)21-18(14)25/h1-9,21,25H,10H2,(H,20,24). The molecule has 2 amide bonds. The zero-order valence-electron chi connectivity index (χ0n) is 13.9. The summed E-state index contributed by atoms with van der Waals surface area (Å²) in [7, 11) is 0. The molecule has 1 heterocycles. The molecule has 0 saturated heterocycles. The molecule has 0 radical (unpaired) electrons. The van der Waals surface area contributed by atoms with E-state index in [1.165, 1.54) is 18.2 Å². The number of hydrogen-bond acceptors (Lipinski definition) is 5. The van der Waals surface area contributed by atoms with Crippen molar-refractivity contribution in [2.24, 2.45) is 4.99 Å². The van der Waals surface area contributed by atoms with E-state index < -0.39 is 16.7 Å². The molecule has 1 aromatic heterocycles. The molecule has 136 valence electrons. The topological polar surface area (TPSA) is 138 Å². The predicted octanol–water partition coefficient (Wildman–Crippen LogP) is 2.16. The summed E-state index contributed by atoms with van der Waals surface area (Å²) in [4.78, 5) is 40.4. The van der Waals surface area contributed by atoms with E-state index in [0.717, 1.165) is 6.21 Å². The number of aromatic nitrogens is 1. The number of fused-ring (bicyclic) bond motifs is 1. The van der Waals surface area contributed by atoms with E-state index in [1.54, 1.807) is 30.3 Å². The smallest absolute Gasteiger partial charge is 0.270 e. The second-order valence-corrected chi connectivity index (χ2v) is 5.57. The summed E-state index contributed by atoms with van der Waals surface area (Å²) >= 11 is 0. The van der Waals surface area contributed by atoms with Crippen LogP contribution >= 0.6 is 0 Å². The largest absolute Gasteiger partial charge is 0.494 e. The second-order valence-electron chi connectivity index (χ2n) is 5.57. The van der Waals surface area contributed by atoms with Gasteiger partial charge in [0, 0.05) is 34.8 Å². The molecule has 3 rings (SSSR count). The first-order valence-corrected chi connectivity index (χ1v) is 7.85. The number of aromatic amines is 1. The first-order chi connectivity index (χ1) is 13.0. The van der Waals surface area contributed by atoms with Gasteiger partial charge >= 0.3 is 0 Å². The van der Waals surface area contributed by atoms with Gasteiger partial charge in [-0.3, -0.25) is 19.7 Å². The maximum absolute atomic E-state index is 11.9. The van der Waals surface area contributed by atoms with Crippen LogP contribution in [0.4, 0.5) is 5.69 Å². The van der Waals surface area contributed by atoms with Crippen LogP contribution in [-0.2, 0) is 4.79 Å². The van der Waals surface area contributed by atoms with Crippen LogP contribution in [0, 0.1) is 10.1 Å². The predicted molar refractivity (Wildman–Crippen MR) is 98.0 cm³/mol. The van der Waals surface area contributed by atoms with Gasteiger partial charge in [-0.1, -0.05) is 18.2 Å². The fourth-order valence-corrected chi connectivity index (χ4v) is 2.46. The number of carbonyl (C=O) groups is 2. The molecule has 9 heteroatoms. The molecule has 3 N–H and O–H groups in total. The third-order valence-electron chi connectivity index (χ3n) is 3.79. The molecule has 3 aromatic rings. The number of aliphatic imine (C=N–C) groups is 1. The van der Waals surface area contributed by atoms with Crippen molar-refractivity contribution in [3.63, 3.8) is 0 Å². The molecule has 0 aliphatic heterocycles. The number of H-pyrrole nitrogens is 1. The number of benzene rings is 2. The van der Waals surface area contributed by atoms with Gasteiger partial charge in [0.1, 0.15) is 0 Å². The van der Waals surface area contributed by atoms with Gasteiger partial charge in [0.25, 0.3) is 17.5 Å². The van der Waals surface area contributed by atoms with E-state index in [2.05, 4.69) is 15.3 Å². The molecular weight excluding hydrogens is 352 g/mol. The molecule has 0 unspecified atom stereocenters. The summed E-state index contributed by atoms with van der Waals surface area (Å²) in [6.07, 6.45) is 1.11. The summed E-state index contributed by atoms with van der Waals surface area (Å²) in [6.45, 7) is -0.326. The average Bonchev–Trinajstić information content (AvgIpc) is 2.99. The quantitative estimate of drug-likeness (QED) is 0.361. The van der Waals surface area contributed by atoms with Gasteiger partial charge in [0.05, 0.1) is 17.0 Å².